The molecule has 23 heavy (non-hydrogen) atoms. The molecule has 5 atom stereocenters. The number of aliphatic hydroxyl groups excluding tert-OH is 3. The number of hydrogen-bond donors (Lipinski definition) is 6. The second kappa shape index (κ2) is 6.67. The second-order valence-corrected chi connectivity index (χ2v) is 5.82. The molecule has 3 unspecified atom stereocenters. The van der Waals surface area contributed by atoms with Gasteiger partial charge in [-0.1, -0.05) is 24.3 Å². The molecule has 1 aromatic rings. The minimum atomic E-state index is -2.32. The fourth-order valence-corrected chi connectivity index (χ4v) is 2.86. The average molecular weight is 324 g/mol. The van der Waals surface area contributed by atoms with Crippen LogP contribution in [-0.4, -0.2) is 60.5 Å². The lowest BCUT2D eigenvalue weighted by Gasteiger charge is -2.44. The molecule has 7 nitrogen and oxygen atoms in total. The molecular formula is C16H20O7. The molecule has 126 valence electrons. The van der Waals surface area contributed by atoms with E-state index in [9.17, 15) is 35.4 Å². The lowest BCUT2D eigenvalue weighted by Crippen LogP contribution is -2.62. The summed E-state index contributed by atoms with van der Waals surface area (Å²) >= 11 is 0. The van der Waals surface area contributed by atoms with Crippen LogP contribution in [0.4, 0.5) is 0 Å². The highest BCUT2D eigenvalue weighted by molar-refractivity contribution is 5.78. The summed E-state index contributed by atoms with van der Waals surface area (Å²) in [7, 11) is 0. The van der Waals surface area contributed by atoms with Crippen LogP contribution in [0, 0.1) is 5.92 Å². The minimum Gasteiger partial charge on any atom is -0.508 e. The Bertz CT molecular complexity index is 583. The van der Waals surface area contributed by atoms with Crippen molar-refractivity contribution in [2.75, 3.05) is 0 Å². The topological polar surface area (TPSA) is 138 Å². The normalized spacial score (nSPS) is 34.6. The average Bonchev–Trinajstić information content (AvgIpc) is 2.50. The third-order valence-corrected chi connectivity index (χ3v) is 4.25. The summed E-state index contributed by atoms with van der Waals surface area (Å²) < 4.78 is 0. The second-order valence-electron chi connectivity index (χ2n) is 5.82. The van der Waals surface area contributed by atoms with Gasteiger partial charge < -0.3 is 30.6 Å². The highest BCUT2D eigenvalue weighted by atomic mass is 16.4. The first kappa shape index (κ1) is 17.4. The fourth-order valence-electron chi connectivity index (χ4n) is 2.86. The number of aliphatic hydroxyl groups is 4. The highest BCUT2D eigenvalue weighted by Gasteiger charge is 2.55. The number of carboxylic acid groups (broad SMARTS) is 1. The first-order valence-corrected chi connectivity index (χ1v) is 7.21. The summed E-state index contributed by atoms with van der Waals surface area (Å²) in [5.74, 6) is -2.60. The molecule has 0 saturated heterocycles. The van der Waals surface area contributed by atoms with Crippen LogP contribution in [0.3, 0.4) is 0 Å². The van der Waals surface area contributed by atoms with Crippen LogP contribution in [-0.2, 0) is 4.79 Å². The maximum atomic E-state index is 11.3. The molecule has 1 aliphatic carbocycles. The van der Waals surface area contributed by atoms with Gasteiger partial charge in [-0.25, -0.2) is 4.79 Å². The largest absolute Gasteiger partial charge is 0.508 e. The third kappa shape index (κ3) is 3.53. The Labute approximate surface area is 132 Å². The van der Waals surface area contributed by atoms with Gasteiger partial charge >= 0.3 is 5.97 Å². The maximum absolute atomic E-state index is 11.3. The Kier molecular flexibility index (Phi) is 5.06. The smallest absolute Gasteiger partial charge is 0.336 e. The van der Waals surface area contributed by atoms with Crippen molar-refractivity contribution in [1.29, 1.82) is 0 Å². The number of rotatable bonds is 4. The predicted octanol–water partition coefficient (Wildman–Crippen LogP) is -0.286. The third-order valence-electron chi connectivity index (χ3n) is 4.25. The standard InChI is InChI=1S/C16H20O7/c17-10-6-4-9(5-7-10)2-1-3-11-13(19)14(20)12(18)8-16(11,23)15(21)22/h1-2,4-7,11-14,17-20,23H,3,8H2,(H,21,22)/b2-1+/t11?,12-,13-,14?,16?/m1/s1. The molecule has 7 heteroatoms. The van der Waals surface area contributed by atoms with Crippen molar-refractivity contribution in [3.05, 3.63) is 35.9 Å². The van der Waals surface area contributed by atoms with Gasteiger partial charge in [-0.3, -0.25) is 0 Å². The Hall–Kier alpha value is -1.93. The van der Waals surface area contributed by atoms with Gasteiger partial charge in [0.2, 0.25) is 0 Å². The van der Waals surface area contributed by atoms with E-state index in [2.05, 4.69) is 0 Å². The molecule has 0 spiro atoms. The molecule has 0 amide bonds. The summed E-state index contributed by atoms with van der Waals surface area (Å²) in [6.07, 6.45) is -1.94. The number of allylic oxidation sites excluding steroid dienone is 1. The van der Waals surface area contributed by atoms with E-state index in [1.165, 1.54) is 12.1 Å². The van der Waals surface area contributed by atoms with E-state index in [1.54, 1.807) is 24.3 Å². The Morgan fingerprint density at radius 1 is 1.17 bits per heavy atom. The molecule has 1 aromatic carbocycles. The van der Waals surface area contributed by atoms with Gasteiger partial charge in [0.15, 0.2) is 5.60 Å². The van der Waals surface area contributed by atoms with Gasteiger partial charge in [0, 0.05) is 12.3 Å². The number of carbonyl (C=O) groups is 1. The van der Waals surface area contributed by atoms with Crippen molar-refractivity contribution in [1.82, 2.24) is 0 Å². The number of aromatic hydroxyl groups is 1. The molecule has 0 bridgehead atoms. The first-order chi connectivity index (χ1) is 10.8. The summed E-state index contributed by atoms with van der Waals surface area (Å²) in [6.45, 7) is 0. The molecule has 2 rings (SSSR count). The van der Waals surface area contributed by atoms with E-state index in [4.69, 9.17) is 0 Å². The number of benzene rings is 1. The zero-order valence-corrected chi connectivity index (χ0v) is 12.3. The Morgan fingerprint density at radius 3 is 2.35 bits per heavy atom. The van der Waals surface area contributed by atoms with Gasteiger partial charge in [-0.15, -0.1) is 0 Å². The summed E-state index contributed by atoms with van der Waals surface area (Å²) in [5, 5.41) is 58.1. The Balaban J connectivity index is 2.17. The van der Waals surface area contributed by atoms with E-state index in [0.717, 1.165) is 5.56 Å². The van der Waals surface area contributed by atoms with Gasteiger partial charge in [0.25, 0.3) is 0 Å². The van der Waals surface area contributed by atoms with E-state index >= 15 is 0 Å². The maximum Gasteiger partial charge on any atom is 0.336 e. The predicted molar refractivity (Wildman–Crippen MR) is 80.5 cm³/mol. The molecule has 1 aliphatic rings. The monoisotopic (exact) mass is 324 g/mol. The Morgan fingerprint density at radius 2 is 1.78 bits per heavy atom. The van der Waals surface area contributed by atoms with Gasteiger partial charge in [-0.05, 0) is 24.1 Å². The van der Waals surface area contributed by atoms with Crippen molar-refractivity contribution < 1.29 is 35.4 Å². The first-order valence-electron chi connectivity index (χ1n) is 7.21. The van der Waals surface area contributed by atoms with Crippen LogP contribution >= 0.6 is 0 Å². The van der Waals surface area contributed by atoms with Crippen molar-refractivity contribution in [3.63, 3.8) is 0 Å². The van der Waals surface area contributed by atoms with Crippen LogP contribution in [0.15, 0.2) is 30.3 Å². The van der Waals surface area contributed by atoms with Crippen molar-refractivity contribution >= 4 is 12.0 Å². The van der Waals surface area contributed by atoms with Crippen LogP contribution < -0.4 is 0 Å². The van der Waals surface area contributed by atoms with Crippen molar-refractivity contribution in [2.45, 2.75) is 36.8 Å². The molecule has 0 aromatic heterocycles. The lowest BCUT2D eigenvalue weighted by molar-refractivity contribution is -0.208. The van der Waals surface area contributed by atoms with Gasteiger partial charge in [0.05, 0.1) is 12.2 Å². The molecule has 1 fully saturated rings. The molecule has 0 heterocycles. The molecule has 1 saturated carbocycles. The molecule has 0 aliphatic heterocycles. The summed E-state index contributed by atoms with van der Waals surface area (Å²) in [4.78, 5) is 11.3. The van der Waals surface area contributed by atoms with Crippen LogP contribution in [0.2, 0.25) is 0 Å². The van der Waals surface area contributed by atoms with E-state index in [1.807, 2.05) is 0 Å². The fraction of sp³-hybridized carbons (Fsp3) is 0.438. The number of carboxylic acids is 1. The number of hydrogen-bond acceptors (Lipinski definition) is 6. The van der Waals surface area contributed by atoms with E-state index in [0.29, 0.717) is 0 Å². The lowest BCUT2D eigenvalue weighted by atomic mass is 9.69. The number of phenolic OH excluding ortho intramolecular Hbond substituents is 1. The summed E-state index contributed by atoms with van der Waals surface area (Å²) in [6, 6.07) is 6.27. The molecule has 0 radical (unpaired) electrons. The summed E-state index contributed by atoms with van der Waals surface area (Å²) in [5.41, 5.74) is -1.58. The number of aliphatic carboxylic acids is 1. The minimum absolute atomic E-state index is 0.00533. The SMILES string of the molecule is O=C(O)C1(O)C[C@@H](O)C(O)[C@H](O)C1C/C=C/c1ccc(O)cc1. The van der Waals surface area contributed by atoms with E-state index in [-0.39, 0.29) is 12.2 Å². The van der Waals surface area contributed by atoms with Gasteiger partial charge in [0.1, 0.15) is 11.9 Å². The van der Waals surface area contributed by atoms with Crippen LogP contribution in [0.5, 0.6) is 5.75 Å². The number of phenols is 1. The molecule has 6 N–H and O–H groups in total. The quantitative estimate of drug-likeness (QED) is 0.447. The van der Waals surface area contributed by atoms with Crippen LogP contribution in [0.1, 0.15) is 18.4 Å². The van der Waals surface area contributed by atoms with Crippen molar-refractivity contribution in [2.24, 2.45) is 5.92 Å². The zero-order chi connectivity index (χ0) is 17.2. The van der Waals surface area contributed by atoms with Gasteiger partial charge in [-0.2, -0.15) is 0 Å². The van der Waals surface area contributed by atoms with E-state index < -0.39 is 42.2 Å². The van der Waals surface area contributed by atoms with Crippen LogP contribution in [0.25, 0.3) is 6.08 Å². The molecular weight excluding hydrogens is 304 g/mol. The highest BCUT2D eigenvalue weighted by Crippen LogP contribution is 2.37. The zero-order valence-electron chi connectivity index (χ0n) is 12.3. The van der Waals surface area contributed by atoms with Crippen molar-refractivity contribution in [3.8, 4) is 5.75 Å².